The summed E-state index contributed by atoms with van der Waals surface area (Å²) >= 11 is 0. The van der Waals surface area contributed by atoms with E-state index in [1.54, 1.807) is 0 Å². The van der Waals surface area contributed by atoms with Crippen molar-refractivity contribution in [1.82, 2.24) is 5.01 Å². The largest absolute Gasteiger partial charge is 0.489 e. The number of hydrazine groups is 1. The van der Waals surface area contributed by atoms with Crippen LogP contribution in [0, 0.1) is 0 Å². The first-order valence-corrected chi connectivity index (χ1v) is 5.06. The first-order chi connectivity index (χ1) is 6.84. The fraction of sp³-hybridized carbons (Fsp3) is 0.455. The van der Waals surface area contributed by atoms with Gasteiger partial charge in [0.05, 0.1) is 0 Å². The van der Waals surface area contributed by atoms with Gasteiger partial charge >= 0.3 is 0 Å². The van der Waals surface area contributed by atoms with Crippen LogP contribution in [0.1, 0.15) is 12.8 Å². The molecule has 1 atom stereocenters. The Bertz CT molecular complexity index is 276. The van der Waals surface area contributed by atoms with Crippen molar-refractivity contribution in [3.63, 3.8) is 0 Å². The highest BCUT2D eigenvalue weighted by Crippen LogP contribution is 2.16. The van der Waals surface area contributed by atoms with Crippen molar-refractivity contribution < 1.29 is 4.74 Å². The molecule has 1 aliphatic heterocycles. The van der Waals surface area contributed by atoms with E-state index in [0.29, 0.717) is 0 Å². The van der Waals surface area contributed by atoms with Crippen LogP contribution in [0.2, 0.25) is 0 Å². The van der Waals surface area contributed by atoms with Gasteiger partial charge in [-0.1, -0.05) is 18.2 Å². The van der Waals surface area contributed by atoms with Crippen molar-refractivity contribution in [1.29, 1.82) is 0 Å². The Balaban J connectivity index is 1.91. The molecule has 2 rings (SSSR count). The lowest BCUT2D eigenvalue weighted by molar-refractivity contribution is 0.0890. The van der Waals surface area contributed by atoms with Crippen LogP contribution < -0.4 is 10.6 Å². The van der Waals surface area contributed by atoms with Gasteiger partial charge in [-0.25, -0.2) is 5.01 Å². The minimum atomic E-state index is 0.246. The van der Waals surface area contributed by atoms with E-state index >= 15 is 0 Å². The van der Waals surface area contributed by atoms with Crippen LogP contribution >= 0.6 is 0 Å². The number of benzene rings is 1. The van der Waals surface area contributed by atoms with Gasteiger partial charge in [-0.05, 0) is 25.0 Å². The summed E-state index contributed by atoms with van der Waals surface area (Å²) in [6.45, 7) is 1.81. The molecule has 1 unspecified atom stereocenters. The average molecular weight is 192 g/mol. The molecular formula is C11H16N2O. The van der Waals surface area contributed by atoms with Crippen LogP contribution in [-0.2, 0) is 0 Å². The normalized spacial score (nSPS) is 23.4. The average Bonchev–Trinajstić information content (AvgIpc) is 2.19. The standard InChI is InChI=1S/C11H16N2O/c12-13-8-4-7-11(9-13)14-10-5-2-1-3-6-10/h1-3,5-6,11H,4,7-9,12H2. The first kappa shape index (κ1) is 9.49. The first-order valence-electron chi connectivity index (χ1n) is 5.06. The van der Waals surface area contributed by atoms with Gasteiger partial charge in [-0.15, -0.1) is 0 Å². The molecule has 0 bridgehead atoms. The second-order valence-corrected chi connectivity index (χ2v) is 3.69. The van der Waals surface area contributed by atoms with Crippen molar-refractivity contribution in [3.8, 4) is 5.75 Å². The van der Waals surface area contributed by atoms with Crippen molar-refractivity contribution in [2.75, 3.05) is 13.1 Å². The van der Waals surface area contributed by atoms with E-state index in [4.69, 9.17) is 10.6 Å². The molecule has 1 aliphatic rings. The summed E-state index contributed by atoms with van der Waals surface area (Å²) in [5.74, 6) is 6.67. The molecule has 76 valence electrons. The molecule has 1 fully saturated rings. The fourth-order valence-electron chi connectivity index (χ4n) is 1.75. The maximum atomic E-state index is 5.80. The molecule has 3 nitrogen and oxygen atoms in total. The molecule has 0 saturated carbocycles. The van der Waals surface area contributed by atoms with E-state index in [-0.39, 0.29) is 6.10 Å². The van der Waals surface area contributed by atoms with E-state index in [1.165, 1.54) is 0 Å². The van der Waals surface area contributed by atoms with E-state index < -0.39 is 0 Å². The molecule has 0 aromatic heterocycles. The molecule has 2 N–H and O–H groups in total. The van der Waals surface area contributed by atoms with Crippen LogP contribution in [0.25, 0.3) is 0 Å². The molecule has 1 aromatic carbocycles. The molecular weight excluding hydrogens is 176 g/mol. The SMILES string of the molecule is NN1CCCC(Oc2ccccc2)C1. The second kappa shape index (κ2) is 4.44. The van der Waals surface area contributed by atoms with Crippen molar-refractivity contribution >= 4 is 0 Å². The lowest BCUT2D eigenvalue weighted by Crippen LogP contribution is -2.44. The lowest BCUT2D eigenvalue weighted by Gasteiger charge is -2.29. The van der Waals surface area contributed by atoms with Crippen molar-refractivity contribution in [2.24, 2.45) is 5.84 Å². The number of nitrogens with zero attached hydrogens (tertiary/aromatic N) is 1. The zero-order valence-electron chi connectivity index (χ0n) is 8.23. The molecule has 0 radical (unpaired) electrons. The van der Waals surface area contributed by atoms with Crippen LogP contribution in [-0.4, -0.2) is 24.2 Å². The van der Waals surface area contributed by atoms with Gasteiger partial charge in [0.2, 0.25) is 0 Å². The third-order valence-corrected chi connectivity index (χ3v) is 2.46. The topological polar surface area (TPSA) is 38.5 Å². The van der Waals surface area contributed by atoms with Crippen LogP contribution in [0.4, 0.5) is 0 Å². The Kier molecular flexibility index (Phi) is 3.01. The van der Waals surface area contributed by atoms with E-state index in [0.717, 1.165) is 31.7 Å². The fourth-order valence-corrected chi connectivity index (χ4v) is 1.75. The third-order valence-electron chi connectivity index (χ3n) is 2.46. The molecule has 0 spiro atoms. The van der Waals surface area contributed by atoms with Gasteiger partial charge in [0, 0.05) is 13.1 Å². The predicted octanol–water partition coefficient (Wildman–Crippen LogP) is 1.40. The zero-order chi connectivity index (χ0) is 9.80. The van der Waals surface area contributed by atoms with E-state index in [2.05, 4.69) is 0 Å². The highest BCUT2D eigenvalue weighted by atomic mass is 16.5. The van der Waals surface area contributed by atoms with E-state index in [9.17, 15) is 0 Å². The minimum Gasteiger partial charge on any atom is -0.489 e. The second-order valence-electron chi connectivity index (χ2n) is 3.69. The lowest BCUT2D eigenvalue weighted by atomic mass is 10.1. The highest BCUT2D eigenvalue weighted by Gasteiger charge is 2.18. The maximum Gasteiger partial charge on any atom is 0.119 e. The number of ether oxygens (including phenoxy) is 1. The molecule has 1 saturated heterocycles. The van der Waals surface area contributed by atoms with Crippen LogP contribution in [0.3, 0.4) is 0 Å². The maximum absolute atomic E-state index is 5.80. The van der Waals surface area contributed by atoms with Crippen molar-refractivity contribution in [2.45, 2.75) is 18.9 Å². The van der Waals surface area contributed by atoms with Gasteiger partial charge < -0.3 is 4.74 Å². The number of hydrogen-bond donors (Lipinski definition) is 1. The number of rotatable bonds is 2. The van der Waals surface area contributed by atoms with Gasteiger partial charge in [0.15, 0.2) is 0 Å². The molecule has 3 heteroatoms. The zero-order valence-corrected chi connectivity index (χ0v) is 8.23. The summed E-state index contributed by atoms with van der Waals surface area (Å²) in [6, 6.07) is 9.92. The summed E-state index contributed by atoms with van der Waals surface area (Å²) in [7, 11) is 0. The molecule has 0 amide bonds. The Hall–Kier alpha value is -1.06. The van der Waals surface area contributed by atoms with Gasteiger partial charge in [-0.2, -0.15) is 0 Å². The smallest absolute Gasteiger partial charge is 0.119 e. The van der Waals surface area contributed by atoms with Crippen molar-refractivity contribution in [3.05, 3.63) is 30.3 Å². The van der Waals surface area contributed by atoms with Crippen LogP contribution in [0.5, 0.6) is 5.75 Å². The van der Waals surface area contributed by atoms with Gasteiger partial charge in [0.1, 0.15) is 11.9 Å². The van der Waals surface area contributed by atoms with Crippen LogP contribution in [0.15, 0.2) is 30.3 Å². The number of piperidine rings is 1. The number of hydrogen-bond acceptors (Lipinski definition) is 3. The number of para-hydroxylation sites is 1. The highest BCUT2D eigenvalue weighted by molar-refractivity contribution is 5.21. The summed E-state index contributed by atoms with van der Waals surface area (Å²) < 4.78 is 5.80. The minimum absolute atomic E-state index is 0.246. The monoisotopic (exact) mass is 192 g/mol. The predicted molar refractivity (Wildman–Crippen MR) is 55.9 cm³/mol. The Labute approximate surface area is 84.4 Å². The summed E-state index contributed by atoms with van der Waals surface area (Å²) in [5.41, 5.74) is 0. The molecule has 0 aliphatic carbocycles. The Morgan fingerprint density at radius 3 is 2.79 bits per heavy atom. The summed E-state index contributed by atoms with van der Waals surface area (Å²) in [5, 5.41) is 1.83. The number of nitrogens with two attached hydrogens (primary N) is 1. The quantitative estimate of drug-likeness (QED) is 0.720. The Morgan fingerprint density at radius 2 is 2.07 bits per heavy atom. The summed E-state index contributed by atoms with van der Waals surface area (Å²) in [4.78, 5) is 0. The molecule has 1 aromatic rings. The Morgan fingerprint density at radius 1 is 1.29 bits per heavy atom. The molecule has 1 heterocycles. The van der Waals surface area contributed by atoms with Gasteiger partial charge in [-0.3, -0.25) is 5.84 Å². The van der Waals surface area contributed by atoms with Gasteiger partial charge in [0.25, 0.3) is 0 Å². The molecule has 14 heavy (non-hydrogen) atoms. The summed E-state index contributed by atoms with van der Waals surface area (Å²) in [6.07, 6.45) is 2.47. The third kappa shape index (κ3) is 2.47. The van der Waals surface area contributed by atoms with E-state index in [1.807, 2.05) is 35.3 Å².